The molecule has 0 fully saturated rings. The van der Waals surface area contributed by atoms with Crippen molar-refractivity contribution in [2.45, 2.75) is 6.54 Å². The van der Waals surface area contributed by atoms with Gasteiger partial charge in [-0.25, -0.2) is 12.8 Å². The molecule has 26 heavy (non-hydrogen) atoms. The Hall–Kier alpha value is -2.61. The number of benzene rings is 2. The van der Waals surface area contributed by atoms with Gasteiger partial charge < -0.3 is 9.64 Å². The first kappa shape index (κ1) is 19.7. The number of sulfonamides is 1. The lowest BCUT2D eigenvalue weighted by Gasteiger charge is -2.25. The number of hydrogen-bond donors (Lipinski definition) is 0. The summed E-state index contributed by atoms with van der Waals surface area (Å²) in [6.07, 6.45) is 1.00. The molecule has 2 aromatic carbocycles. The van der Waals surface area contributed by atoms with Crippen molar-refractivity contribution in [2.75, 3.05) is 31.3 Å². The Kier molecular flexibility index (Phi) is 6.20. The molecule has 0 aliphatic rings. The summed E-state index contributed by atoms with van der Waals surface area (Å²) >= 11 is 0. The molecule has 0 bridgehead atoms. The number of halogens is 1. The number of amides is 1. The summed E-state index contributed by atoms with van der Waals surface area (Å²) in [7, 11) is -0.581. The van der Waals surface area contributed by atoms with E-state index in [4.69, 9.17) is 4.74 Å². The molecule has 0 aliphatic carbocycles. The largest absolute Gasteiger partial charge is 0.496 e. The number of likely N-dealkylation sites (N-methyl/N-ethyl adjacent to an activating group) is 1. The minimum absolute atomic E-state index is 0.230. The van der Waals surface area contributed by atoms with Gasteiger partial charge in [-0.15, -0.1) is 0 Å². The van der Waals surface area contributed by atoms with E-state index in [9.17, 15) is 17.6 Å². The molecular formula is C18H21FN2O4S. The molecule has 0 unspecified atom stereocenters. The van der Waals surface area contributed by atoms with Crippen LogP contribution in [0.1, 0.15) is 5.56 Å². The molecule has 0 aromatic heterocycles. The Morgan fingerprint density at radius 3 is 2.31 bits per heavy atom. The Balaban J connectivity index is 2.17. The van der Waals surface area contributed by atoms with Crippen LogP contribution in [0.15, 0.2) is 48.5 Å². The molecule has 0 heterocycles. The van der Waals surface area contributed by atoms with Crippen LogP contribution in [0.25, 0.3) is 0 Å². The zero-order chi connectivity index (χ0) is 19.3. The number of anilines is 1. The van der Waals surface area contributed by atoms with Crippen LogP contribution in [0.4, 0.5) is 10.1 Å². The molecule has 0 N–H and O–H groups in total. The molecule has 0 saturated heterocycles. The zero-order valence-corrected chi connectivity index (χ0v) is 15.7. The normalized spacial score (nSPS) is 11.1. The summed E-state index contributed by atoms with van der Waals surface area (Å²) in [6.45, 7) is -0.111. The fourth-order valence-electron chi connectivity index (χ4n) is 2.43. The van der Waals surface area contributed by atoms with Crippen molar-refractivity contribution in [3.05, 3.63) is 59.9 Å². The zero-order valence-electron chi connectivity index (χ0n) is 14.8. The minimum atomic E-state index is -3.71. The lowest BCUT2D eigenvalue weighted by Crippen LogP contribution is -2.41. The van der Waals surface area contributed by atoms with E-state index in [1.54, 1.807) is 20.2 Å². The van der Waals surface area contributed by atoms with Crippen LogP contribution >= 0.6 is 0 Å². The quantitative estimate of drug-likeness (QED) is 0.739. The Morgan fingerprint density at radius 2 is 1.73 bits per heavy atom. The summed E-state index contributed by atoms with van der Waals surface area (Å²) in [6, 6.07) is 12.2. The summed E-state index contributed by atoms with van der Waals surface area (Å²) in [5.74, 6) is -0.238. The van der Waals surface area contributed by atoms with Crippen LogP contribution in [-0.2, 0) is 21.4 Å². The van der Waals surface area contributed by atoms with E-state index in [1.807, 2.05) is 18.2 Å². The lowest BCUT2D eigenvalue weighted by molar-refractivity contribution is -0.128. The Labute approximate surface area is 152 Å². The van der Waals surface area contributed by atoms with E-state index in [-0.39, 0.29) is 18.8 Å². The molecule has 0 spiro atoms. The second kappa shape index (κ2) is 8.18. The predicted molar refractivity (Wildman–Crippen MR) is 98.1 cm³/mol. The SMILES string of the molecule is COc1ccccc1CN(C)C(=O)CN(c1ccc(F)cc1)S(C)(=O)=O. The topological polar surface area (TPSA) is 66.9 Å². The third kappa shape index (κ3) is 4.95. The number of rotatable bonds is 7. The van der Waals surface area contributed by atoms with E-state index in [1.165, 1.54) is 17.0 Å². The predicted octanol–water partition coefficient (Wildman–Crippen LogP) is 2.26. The fraction of sp³-hybridized carbons (Fsp3) is 0.278. The van der Waals surface area contributed by atoms with Crippen molar-refractivity contribution in [3.8, 4) is 5.75 Å². The van der Waals surface area contributed by atoms with Gasteiger partial charge >= 0.3 is 0 Å². The van der Waals surface area contributed by atoms with Gasteiger partial charge in [-0.2, -0.15) is 0 Å². The van der Waals surface area contributed by atoms with E-state index < -0.39 is 21.7 Å². The van der Waals surface area contributed by atoms with Gasteiger partial charge in [0, 0.05) is 19.2 Å². The molecule has 0 aliphatic heterocycles. The third-order valence-corrected chi connectivity index (χ3v) is 4.96. The Bertz CT molecular complexity index is 869. The number of nitrogens with zero attached hydrogens (tertiary/aromatic N) is 2. The van der Waals surface area contributed by atoms with Gasteiger partial charge in [0.25, 0.3) is 0 Å². The second-order valence-corrected chi connectivity index (χ2v) is 7.71. The van der Waals surface area contributed by atoms with Crippen molar-refractivity contribution >= 4 is 21.6 Å². The summed E-state index contributed by atoms with van der Waals surface area (Å²) < 4.78 is 43.5. The average molecular weight is 380 g/mol. The molecule has 2 aromatic rings. The highest BCUT2D eigenvalue weighted by Gasteiger charge is 2.23. The molecule has 0 atom stereocenters. The van der Waals surface area contributed by atoms with E-state index in [2.05, 4.69) is 0 Å². The first-order chi connectivity index (χ1) is 12.2. The van der Waals surface area contributed by atoms with E-state index in [0.29, 0.717) is 5.75 Å². The van der Waals surface area contributed by atoms with Gasteiger partial charge in [0.1, 0.15) is 18.1 Å². The van der Waals surface area contributed by atoms with Gasteiger partial charge in [0.05, 0.1) is 19.1 Å². The maximum atomic E-state index is 13.1. The number of ether oxygens (including phenoxy) is 1. The van der Waals surface area contributed by atoms with Crippen molar-refractivity contribution < 1.29 is 22.3 Å². The van der Waals surface area contributed by atoms with Crippen molar-refractivity contribution in [3.63, 3.8) is 0 Å². The van der Waals surface area contributed by atoms with Crippen LogP contribution in [0.3, 0.4) is 0 Å². The number of carbonyl (C=O) groups is 1. The monoisotopic (exact) mass is 380 g/mol. The second-order valence-electron chi connectivity index (χ2n) is 5.81. The van der Waals surface area contributed by atoms with Gasteiger partial charge in [-0.05, 0) is 30.3 Å². The van der Waals surface area contributed by atoms with Crippen LogP contribution in [0, 0.1) is 5.82 Å². The molecule has 0 saturated carbocycles. The first-order valence-electron chi connectivity index (χ1n) is 7.81. The molecule has 0 radical (unpaired) electrons. The fourth-order valence-corrected chi connectivity index (χ4v) is 3.28. The maximum absolute atomic E-state index is 13.1. The van der Waals surface area contributed by atoms with Gasteiger partial charge in [0.2, 0.25) is 15.9 Å². The standard InChI is InChI=1S/C18H21FN2O4S/c1-20(12-14-6-4-5-7-17(14)25-2)18(22)13-21(26(3,23)24)16-10-8-15(19)9-11-16/h4-11H,12-13H2,1-3H3. The third-order valence-electron chi connectivity index (χ3n) is 3.82. The van der Waals surface area contributed by atoms with Crippen molar-refractivity contribution in [1.29, 1.82) is 0 Å². The van der Waals surface area contributed by atoms with Crippen LogP contribution in [0.2, 0.25) is 0 Å². The highest BCUT2D eigenvalue weighted by atomic mass is 32.2. The lowest BCUT2D eigenvalue weighted by atomic mass is 10.2. The molecule has 6 nitrogen and oxygen atoms in total. The molecular weight excluding hydrogens is 359 g/mol. The van der Waals surface area contributed by atoms with E-state index >= 15 is 0 Å². The van der Waals surface area contributed by atoms with Crippen molar-refractivity contribution in [2.24, 2.45) is 0 Å². The summed E-state index contributed by atoms with van der Waals surface area (Å²) in [5, 5.41) is 0. The first-order valence-corrected chi connectivity index (χ1v) is 9.66. The summed E-state index contributed by atoms with van der Waals surface area (Å²) in [4.78, 5) is 14.0. The smallest absolute Gasteiger partial charge is 0.243 e. The minimum Gasteiger partial charge on any atom is -0.496 e. The highest BCUT2D eigenvalue weighted by Crippen LogP contribution is 2.20. The summed E-state index contributed by atoms with van der Waals surface area (Å²) in [5.41, 5.74) is 1.03. The molecule has 8 heteroatoms. The van der Waals surface area contributed by atoms with Gasteiger partial charge in [-0.1, -0.05) is 18.2 Å². The van der Waals surface area contributed by atoms with Crippen LogP contribution in [-0.4, -0.2) is 46.2 Å². The highest BCUT2D eigenvalue weighted by molar-refractivity contribution is 7.92. The average Bonchev–Trinajstić information content (AvgIpc) is 2.60. The number of carbonyl (C=O) groups excluding carboxylic acids is 1. The van der Waals surface area contributed by atoms with Crippen LogP contribution in [0.5, 0.6) is 5.75 Å². The molecule has 1 amide bonds. The Morgan fingerprint density at radius 1 is 1.12 bits per heavy atom. The number of methoxy groups -OCH3 is 1. The molecule has 2 rings (SSSR count). The number of hydrogen-bond acceptors (Lipinski definition) is 4. The van der Waals surface area contributed by atoms with E-state index in [0.717, 1.165) is 28.3 Å². The van der Waals surface area contributed by atoms with Gasteiger partial charge in [0.15, 0.2) is 0 Å². The maximum Gasteiger partial charge on any atom is 0.243 e. The molecule has 140 valence electrons. The van der Waals surface area contributed by atoms with Gasteiger partial charge in [-0.3, -0.25) is 9.10 Å². The van der Waals surface area contributed by atoms with Crippen molar-refractivity contribution in [1.82, 2.24) is 4.90 Å². The van der Waals surface area contributed by atoms with Crippen LogP contribution < -0.4 is 9.04 Å². The number of para-hydroxylation sites is 1.